The van der Waals surface area contributed by atoms with Crippen molar-refractivity contribution in [2.24, 2.45) is 5.92 Å². The zero-order chi connectivity index (χ0) is 20.8. The van der Waals surface area contributed by atoms with Crippen LogP contribution in [0.25, 0.3) is 16.3 Å². The lowest BCUT2D eigenvalue weighted by Crippen LogP contribution is -2.07. The lowest BCUT2D eigenvalue weighted by atomic mass is 10.1. The number of benzene rings is 2. The van der Waals surface area contributed by atoms with E-state index in [-0.39, 0.29) is 5.91 Å². The molecule has 1 aromatic heterocycles. The molecule has 1 N–H and O–H groups in total. The first-order valence-electron chi connectivity index (χ1n) is 9.61. The number of fused-ring (bicyclic) bond motifs is 1. The molecule has 29 heavy (non-hydrogen) atoms. The first kappa shape index (κ1) is 20.9. The molecule has 0 aliphatic carbocycles. The van der Waals surface area contributed by atoms with Crippen molar-refractivity contribution in [2.45, 2.75) is 27.2 Å². The maximum atomic E-state index is 12.3. The van der Waals surface area contributed by atoms with Crippen LogP contribution in [0.5, 0.6) is 11.5 Å². The van der Waals surface area contributed by atoms with Crippen molar-refractivity contribution in [2.75, 3.05) is 19.0 Å². The number of carbonyl (C=O) groups is 1. The molecule has 0 bridgehead atoms. The predicted octanol–water partition coefficient (Wildman–Crippen LogP) is 5.69. The van der Waals surface area contributed by atoms with Gasteiger partial charge in [0.05, 0.1) is 23.9 Å². The van der Waals surface area contributed by atoms with Gasteiger partial charge in [-0.3, -0.25) is 10.1 Å². The molecule has 0 unspecified atom stereocenters. The van der Waals surface area contributed by atoms with Gasteiger partial charge >= 0.3 is 0 Å². The van der Waals surface area contributed by atoms with Crippen molar-refractivity contribution in [3.63, 3.8) is 0 Å². The minimum absolute atomic E-state index is 0.225. The van der Waals surface area contributed by atoms with Crippen LogP contribution in [0.1, 0.15) is 31.4 Å². The fourth-order valence-corrected chi connectivity index (χ4v) is 3.68. The standard InChI is InChI=1S/C23H26N2O3S/c1-15(2)11-12-28-19-9-6-17(14-20(19)27-4)7-10-22(26)25-23-24-18-8-5-16(3)13-21(18)29-23/h5-10,13-15H,11-12H2,1-4H3,(H,24,25,26)/b10-7+. The first-order chi connectivity index (χ1) is 13.9. The Balaban J connectivity index is 1.64. The molecule has 0 atom stereocenters. The fraction of sp³-hybridized carbons (Fsp3) is 0.304. The molecule has 1 heterocycles. The summed E-state index contributed by atoms with van der Waals surface area (Å²) >= 11 is 1.47. The van der Waals surface area contributed by atoms with Crippen LogP contribution in [0, 0.1) is 12.8 Å². The van der Waals surface area contributed by atoms with Gasteiger partial charge < -0.3 is 9.47 Å². The van der Waals surface area contributed by atoms with Crippen molar-refractivity contribution in [3.05, 3.63) is 53.6 Å². The second-order valence-electron chi connectivity index (χ2n) is 7.25. The molecule has 0 aliphatic rings. The number of nitrogens with zero attached hydrogens (tertiary/aromatic N) is 1. The highest BCUT2D eigenvalue weighted by molar-refractivity contribution is 7.22. The van der Waals surface area contributed by atoms with E-state index in [4.69, 9.17) is 9.47 Å². The number of carbonyl (C=O) groups excluding carboxylic acids is 1. The number of aryl methyl sites for hydroxylation is 1. The lowest BCUT2D eigenvalue weighted by molar-refractivity contribution is -0.111. The van der Waals surface area contributed by atoms with E-state index >= 15 is 0 Å². The quantitative estimate of drug-likeness (QED) is 0.485. The average Bonchev–Trinajstić information content (AvgIpc) is 3.07. The van der Waals surface area contributed by atoms with Crippen LogP contribution in [-0.4, -0.2) is 24.6 Å². The maximum absolute atomic E-state index is 12.3. The minimum atomic E-state index is -0.225. The topological polar surface area (TPSA) is 60.5 Å². The second-order valence-corrected chi connectivity index (χ2v) is 8.28. The summed E-state index contributed by atoms with van der Waals surface area (Å²) in [7, 11) is 1.61. The van der Waals surface area contributed by atoms with Gasteiger partial charge in [-0.2, -0.15) is 0 Å². The molecule has 0 aliphatic heterocycles. The van der Waals surface area contributed by atoms with E-state index in [2.05, 4.69) is 30.2 Å². The summed E-state index contributed by atoms with van der Waals surface area (Å²) in [6.07, 6.45) is 4.22. The Morgan fingerprint density at radius 3 is 2.79 bits per heavy atom. The molecule has 5 nitrogen and oxygen atoms in total. The van der Waals surface area contributed by atoms with Crippen molar-refractivity contribution in [1.29, 1.82) is 0 Å². The number of methoxy groups -OCH3 is 1. The van der Waals surface area contributed by atoms with E-state index in [9.17, 15) is 4.79 Å². The zero-order valence-electron chi connectivity index (χ0n) is 17.2. The Labute approximate surface area is 175 Å². The van der Waals surface area contributed by atoms with Crippen LogP contribution >= 0.6 is 11.3 Å². The largest absolute Gasteiger partial charge is 0.493 e. The normalized spacial score (nSPS) is 11.3. The minimum Gasteiger partial charge on any atom is -0.493 e. The maximum Gasteiger partial charge on any atom is 0.250 e. The molecular weight excluding hydrogens is 384 g/mol. The lowest BCUT2D eigenvalue weighted by Gasteiger charge is -2.12. The second kappa shape index (κ2) is 9.56. The molecule has 3 aromatic rings. The van der Waals surface area contributed by atoms with Gasteiger partial charge in [0.2, 0.25) is 5.91 Å². The number of amides is 1. The van der Waals surface area contributed by atoms with Crippen LogP contribution in [0.2, 0.25) is 0 Å². The number of aromatic nitrogens is 1. The summed E-state index contributed by atoms with van der Waals surface area (Å²) < 4.78 is 12.3. The number of nitrogens with one attached hydrogen (secondary N) is 1. The number of rotatable bonds is 8. The van der Waals surface area contributed by atoms with Gasteiger partial charge in [0.1, 0.15) is 0 Å². The van der Waals surface area contributed by atoms with Crippen molar-refractivity contribution >= 4 is 38.7 Å². The number of anilines is 1. The van der Waals surface area contributed by atoms with Crippen LogP contribution in [0.15, 0.2) is 42.5 Å². The smallest absolute Gasteiger partial charge is 0.250 e. The van der Waals surface area contributed by atoms with Crippen LogP contribution in [0.3, 0.4) is 0 Å². The third-order valence-electron chi connectivity index (χ3n) is 4.34. The molecule has 0 saturated carbocycles. The molecule has 0 spiro atoms. The molecule has 0 fully saturated rings. The highest BCUT2D eigenvalue weighted by atomic mass is 32.1. The van der Waals surface area contributed by atoms with Crippen LogP contribution in [-0.2, 0) is 4.79 Å². The molecular formula is C23H26N2O3S. The van der Waals surface area contributed by atoms with Crippen LogP contribution < -0.4 is 14.8 Å². The highest BCUT2D eigenvalue weighted by Gasteiger charge is 2.08. The summed E-state index contributed by atoms with van der Waals surface area (Å²) in [6, 6.07) is 11.7. The van der Waals surface area contributed by atoms with E-state index in [1.54, 1.807) is 13.2 Å². The summed E-state index contributed by atoms with van der Waals surface area (Å²) in [5, 5.41) is 3.41. The van der Waals surface area contributed by atoms with Gasteiger partial charge in [-0.05, 0) is 60.7 Å². The zero-order valence-corrected chi connectivity index (χ0v) is 18.0. The molecule has 6 heteroatoms. The van der Waals surface area contributed by atoms with E-state index in [0.717, 1.165) is 22.2 Å². The Morgan fingerprint density at radius 1 is 1.21 bits per heavy atom. The van der Waals surface area contributed by atoms with Crippen molar-refractivity contribution in [3.8, 4) is 11.5 Å². The summed E-state index contributed by atoms with van der Waals surface area (Å²) in [4.78, 5) is 16.7. The van der Waals surface area contributed by atoms with Crippen molar-refractivity contribution in [1.82, 2.24) is 4.98 Å². The molecule has 1 amide bonds. The Bertz CT molecular complexity index is 1020. The number of thiazole rings is 1. The molecule has 0 saturated heterocycles. The van der Waals surface area contributed by atoms with E-state index < -0.39 is 0 Å². The Morgan fingerprint density at radius 2 is 2.03 bits per heavy atom. The van der Waals surface area contributed by atoms with Gasteiger partial charge in [-0.25, -0.2) is 4.98 Å². The summed E-state index contributed by atoms with van der Waals surface area (Å²) in [5.74, 6) is 1.72. The van der Waals surface area contributed by atoms with E-state index in [1.165, 1.54) is 23.0 Å². The van der Waals surface area contributed by atoms with E-state index in [0.29, 0.717) is 29.2 Å². The Kier molecular flexibility index (Phi) is 6.88. The Hall–Kier alpha value is -2.86. The number of hydrogen-bond acceptors (Lipinski definition) is 5. The molecule has 0 radical (unpaired) electrons. The highest BCUT2D eigenvalue weighted by Crippen LogP contribution is 2.29. The predicted molar refractivity (Wildman–Crippen MR) is 120 cm³/mol. The van der Waals surface area contributed by atoms with Crippen molar-refractivity contribution < 1.29 is 14.3 Å². The average molecular weight is 411 g/mol. The van der Waals surface area contributed by atoms with Gasteiger partial charge in [0.15, 0.2) is 16.6 Å². The first-order valence-corrected chi connectivity index (χ1v) is 10.4. The monoisotopic (exact) mass is 410 g/mol. The van der Waals surface area contributed by atoms with Gasteiger partial charge in [-0.1, -0.05) is 37.3 Å². The van der Waals surface area contributed by atoms with Crippen LogP contribution in [0.4, 0.5) is 5.13 Å². The van der Waals surface area contributed by atoms with Gasteiger partial charge in [0, 0.05) is 6.08 Å². The number of hydrogen-bond donors (Lipinski definition) is 1. The molecule has 152 valence electrons. The third-order valence-corrected chi connectivity index (χ3v) is 5.28. The van der Waals surface area contributed by atoms with Gasteiger partial charge in [0.25, 0.3) is 0 Å². The summed E-state index contributed by atoms with van der Waals surface area (Å²) in [5.41, 5.74) is 2.91. The third kappa shape index (κ3) is 5.81. The molecule has 2 aromatic carbocycles. The SMILES string of the molecule is COc1cc(/C=C/C(=O)Nc2nc3ccc(C)cc3s2)ccc1OCCC(C)C. The van der Waals surface area contributed by atoms with Gasteiger partial charge in [-0.15, -0.1) is 0 Å². The number of ether oxygens (including phenoxy) is 2. The molecule has 3 rings (SSSR count). The fourth-order valence-electron chi connectivity index (χ4n) is 2.72. The van der Waals surface area contributed by atoms with E-state index in [1.807, 2.05) is 37.3 Å². The summed E-state index contributed by atoms with van der Waals surface area (Å²) in [6.45, 7) is 7.01.